The summed E-state index contributed by atoms with van der Waals surface area (Å²) < 4.78 is 0. The lowest BCUT2D eigenvalue weighted by molar-refractivity contribution is -0.138. The lowest BCUT2D eigenvalue weighted by atomic mass is 9.73. The number of likely N-dealkylation sites (tertiary alicyclic amines) is 1. The molecular formula is C21H26N4O. The fourth-order valence-corrected chi connectivity index (χ4v) is 4.39. The standard InChI is InChI=1S/C21H26N4O/c1-17-6-10-23-19(12-17)24-11-3-7-21(15-24)8-5-20(26)25(16-21)14-18-4-2-9-22-13-18/h2,4,6,9-10,12-13H,3,5,7-8,11,14-16H2,1H3/t21-/m1/s1. The summed E-state index contributed by atoms with van der Waals surface area (Å²) >= 11 is 0. The first kappa shape index (κ1) is 17.0. The largest absolute Gasteiger partial charge is 0.356 e. The summed E-state index contributed by atoms with van der Waals surface area (Å²) in [4.78, 5) is 25.7. The molecule has 0 N–H and O–H groups in total. The van der Waals surface area contributed by atoms with E-state index in [4.69, 9.17) is 0 Å². The minimum atomic E-state index is 0.180. The van der Waals surface area contributed by atoms with Gasteiger partial charge in [-0.3, -0.25) is 9.78 Å². The highest BCUT2D eigenvalue weighted by Gasteiger charge is 2.42. The Balaban J connectivity index is 1.51. The van der Waals surface area contributed by atoms with Gasteiger partial charge in [0, 0.05) is 56.6 Å². The van der Waals surface area contributed by atoms with Crippen LogP contribution in [-0.2, 0) is 11.3 Å². The van der Waals surface area contributed by atoms with Crippen LogP contribution in [-0.4, -0.2) is 40.4 Å². The molecule has 0 aromatic carbocycles. The van der Waals surface area contributed by atoms with Gasteiger partial charge in [-0.15, -0.1) is 0 Å². The molecule has 2 fully saturated rings. The molecule has 4 heterocycles. The fraction of sp³-hybridized carbons (Fsp3) is 0.476. The summed E-state index contributed by atoms with van der Waals surface area (Å²) in [6, 6.07) is 8.19. The van der Waals surface area contributed by atoms with Crippen LogP contribution in [0.15, 0.2) is 42.9 Å². The molecule has 0 radical (unpaired) electrons. The van der Waals surface area contributed by atoms with Gasteiger partial charge in [-0.2, -0.15) is 0 Å². The van der Waals surface area contributed by atoms with Crippen molar-refractivity contribution < 1.29 is 4.79 Å². The number of nitrogens with zero attached hydrogens (tertiary/aromatic N) is 4. The van der Waals surface area contributed by atoms with E-state index < -0.39 is 0 Å². The van der Waals surface area contributed by atoms with Crippen LogP contribution in [0.1, 0.15) is 36.8 Å². The fourth-order valence-electron chi connectivity index (χ4n) is 4.39. The molecule has 2 saturated heterocycles. The van der Waals surface area contributed by atoms with Crippen molar-refractivity contribution in [3.05, 3.63) is 54.0 Å². The minimum Gasteiger partial charge on any atom is -0.356 e. The van der Waals surface area contributed by atoms with E-state index in [1.54, 1.807) is 6.20 Å². The first-order chi connectivity index (χ1) is 12.6. The summed E-state index contributed by atoms with van der Waals surface area (Å²) in [6.45, 7) is 5.65. The topological polar surface area (TPSA) is 49.3 Å². The zero-order chi connectivity index (χ0) is 18.0. The average Bonchev–Trinajstić information content (AvgIpc) is 2.66. The third kappa shape index (κ3) is 3.57. The minimum absolute atomic E-state index is 0.180. The number of amides is 1. The van der Waals surface area contributed by atoms with Crippen LogP contribution in [0.25, 0.3) is 0 Å². The van der Waals surface area contributed by atoms with Crippen molar-refractivity contribution in [2.45, 2.75) is 39.2 Å². The zero-order valence-electron chi connectivity index (χ0n) is 15.4. The summed E-state index contributed by atoms with van der Waals surface area (Å²) in [7, 11) is 0. The SMILES string of the molecule is Cc1ccnc(N2CCC[C@@]3(CCC(=O)N(Cc4cccnc4)C3)C2)c1. The third-order valence-corrected chi connectivity index (χ3v) is 5.73. The van der Waals surface area contributed by atoms with Crippen molar-refractivity contribution >= 4 is 11.7 Å². The van der Waals surface area contributed by atoms with Gasteiger partial charge in [-0.25, -0.2) is 4.98 Å². The summed E-state index contributed by atoms with van der Waals surface area (Å²) in [5, 5.41) is 0. The van der Waals surface area contributed by atoms with Gasteiger partial charge >= 0.3 is 0 Å². The molecule has 1 amide bonds. The molecule has 1 atom stereocenters. The molecule has 2 aromatic rings. The van der Waals surface area contributed by atoms with Crippen molar-refractivity contribution in [1.82, 2.24) is 14.9 Å². The van der Waals surface area contributed by atoms with Gasteiger partial charge in [0.25, 0.3) is 0 Å². The van der Waals surface area contributed by atoms with E-state index >= 15 is 0 Å². The predicted octanol–water partition coefficient (Wildman–Crippen LogP) is 3.19. The predicted molar refractivity (Wildman–Crippen MR) is 102 cm³/mol. The Hall–Kier alpha value is -2.43. The highest BCUT2D eigenvalue weighted by atomic mass is 16.2. The molecular weight excluding hydrogens is 324 g/mol. The van der Waals surface area contributed by atoms with E-state index in [1.807, 2.05) is 35.5 Å². The number of anilines is 1. The van der Waals surface area contributed by atoms with E-state index in [2.05, 4.69) is 27.9 Å². The molecule has 1 spiro atoms. The molecule has 4 rings (SSSR count). The second-order valence-corrected chi connectivity index (χ2v) is 7.83. The van der Waals surface area contributed by atoms with E-state index in [9.17, 15) is 4.79 Å². The van der Waals surface area contributed by atoms with Crippen molar-refractivity contribution in [3.8, 4) is 0 Å². The Morgan fingerprint density at radius 2 is 2.12 bits per heavy atom. The third-order valence-electron chi connectivity index (χ3n) is 5.73. The molecule has 5 heteroatoms. The Morgan fingerprint density at radius 1 is 1.19 bits per heavy atom. The number of aromatic nitrogens is 2. The average molecular weight is 350 g/mol. The van der Waals surface area contributed by atoms with Crippen LogP contribution in [0.5, 0.6) is 0 Å². The maximum atomic E-state index is 12.5. The summed E-state index contributed by atoms with van der Waals surface area (Å²) in [6.07, 6.45) is 9.50. The first-order valence-electron chi connectivity index (χ1n) is 9.48. The highest BCUT2D eigenvalue weighted by molar-refractivity contribution is 5.77. The molecule has 2 aliphatic heterocycles. The number of hydrogen-bond acceptors (Lipinski definition) is 4. The van der Waals surface area contributed by atoms with Crippen LogP contribution < -0.4 is 4.90 Å². The highest BCUT2D eigenvalue weighted by Crippen LogP contribution is 2.40. The van der Waals surface area contributed by atoms with Gasteiger partial charge in [0.1, 0.15) is 5.82 Å². The number of carbonyl (C=O) groups excluding carboxylic acids is 1. The molecule has 2 aromatic heterocycles. The van der Waals surface area contributed by atoms with Crippen LogP contribution in [0, 0.1) is 12.3 Å². The van der Waals surface area contributed by atoms with E-state index in [0.717, 1.165) is 43.9 Å². The van der Waals surface area contributed by atoms with E-state index in [1.165, 1.54) is 12.0 Å². The maximum absolute atomic E-state index is 12.5. The first-order valence-corrected chi connectivity index (χ1v) is 9.48. The molecule has 5 nitrogen and oxygen atoms in total. The quantitative estimate of drug-likeness (QED) is 0.853. The van der Waals surface area contributed by atoms with E-state index in [-0.39, 0.29) is 11.3 Å². The molecule has 136 valence electrons. The van der Waals surface area contributed by atoms with E-state index in [0.29, 0.717) is 13.0 Å². The summed E-state index contributed by atoms with van der Waals surface area (Å²) in [5.74, 6) is 1.34. The number of rotatable bonds is 3. The van der Waals surface area contributed by atoms with Crippen LogP contribution in [0.2, 0.25) is 0 Å². The number of hydrogen-bond donors (Lipinski definition) is 0. The van der Waals surface area contributed by atoms with Crippen molar-refractivity contribution in [2.75, 3.05) is 24.5 Å². The lowest BCUT2D eigenvalue weighted by Gasteiger charge is -2.48. The van der Waals surface area contributed by atoms with Crippen molar-refractivity contribution in [3.63, 3.8) is 0 Å². The van der Waals surface area contributed by atoms with Gasteiger partial charge in [0.15, 0.2) is 0 Å². The van der Waals surface area contributed by atoms with Gasteiger partial charge in [0.2, 0.25) is 5.91 Å². The van der Waals surface area contributed by atoms with Crippen LogP contribution in [0.3, 0.4) is 0 Å². The summed E-state index contributed by atoms with van der Waals surface area (Å²) in [5.41, 5.74) is 2.53. The van der Waals surface area contributed by atoms with Gasteiger partial charge in [-0.05, 0) is 55.5 Å². The molecule has 26 heavy (non-hydrogen) atoms. The zero-order valence-corrected chi connectivity index (χ0v) is 15.4. The second kappa shape index (κ2) is 7.06. The van der Waals surface area contributed by atoms with Gasteiger partial charge < -0.3 is 9.80 Å². The van der Waals surface area contributed by atoms with Crippen molar-refractivity contribution in [2.24, 2.45) is 5.41 Å². The molecule has 0 bridgehead atoms. The number of pyridine rings is 2. The lowest BCUT2D eigenvalue weighted by Crippen LogP contribution is -2.54. The molecule has 0 aliphatic carbocycles. The Labute approximate surface area is 155 Å². The van der Waals surface area contributed by atoms with Crippen LogP contribution in [0.4, 0.5) is 5.82 Å². The smallest absolute Gasteiger partial charge is 0.222 e. The Kier molecular flexibility index (Phi) is 4.62. The molecule has 0 unspecified atom stereocenters. The van der Waals surface area contributed by atoms with Gasteiger partial charge in [0.05, 0.1) is 0 Å². The molecule has 2 aliphatic rings. The van der Waals surface area contributed by atoms with Gasteiger partial charge in [-0.1, -0.05) is 6.07 Å². The number of carbonyl (C=O) groups is 1. The second-order valence-electron chi connectivity index (χ2n) is 7.83. The molecule has 0 saturated carbocycles. The number of piperidine rings is 2. The van der Waals surface area contributed by atoms with Crippen molar-refractivity contribution in [1.29, 1.82) is 0 Å². The Morgan fingerprint density at radius 3 is 2.92 bits per heavy atom. The Bertz CT molecular complexity index is 779. The maximum Gasteiger partial charge on any atom is 0.222 e. The number of aryl methyl sites for hydroxylation is 1. The monoisotopic (exact) mass is 350 g/mol. The van der Waals surface area contributed by atoms with Crippen LogP contribution >= 0.6 is 0 Å². The normalized spacial score (nSPS) is 23.5.